The molecule has 2 N–H and O–H groups in total. The molecule has 0 saturated heterocycles. The van der Waals surface area contributed by atoms with E-state index in [0.29, 0.717) is 30.8 Å². The average Bonchev–Trinajstić information content (AvgIpc) is 2.77. The number of benzene rings is 2. The molecule has 6 nitrogen and oxygen atoms in total. The fourth-order valence-corrected chi connectivity index (χ4v) is 3.43. The van der Waals surface area contributed by atoms with Gasteiger partial charge in [-0.2, -0.15) is 5.26 Å². The number of carbonyl (C=O) groups is 1. The van der Waals surface area contributed by atoms with Gasteiger partial charge in [-0.15, -0.1) is 0 Å². The van der Waals surface area contributed by atoms with E-state index in [4.69, 9.17) is 10.00 Å². The first-order chi connectivity index (χ1) is 15.0. The molecule has 0 fully saturated rings. The molecule has 1 aromatic heterocycles. The van der Waals surface area contributed by atoms with E-state index in [1.165, 1.54) is 0 Å². The Bertz CT molecular complexity index is 1160. The number of H-pyrrole nitrogens is 1. The highest BCUT2D eigenvalue weighted by Gasteiger charge is 2.13. The van der Waals surface area contributed by atoms with Gasteiger partial charge in [0.15, 0.2) is 0 Å². The van der Waals surface area contributed by atoms with Gasteiger partial charge in [0.1, 0.15) is 24.0 Å². The molecular weight excluding hydrogens is 390 g/mol. The normalized spacial score (nSPS) is 10.4. The number of aryl methyl sites for hydroxylation is 1. The number of aromatic amines is 1. The maximum Gasteiger partial charge on any atom is 0.266 e. The van der Waals surface area contributed by atoms with Crippen molar-refractivity contribution in [2.24, 2.45) is 0 Å². The van der Waals surface area contributed by atoms with Crippen LogP contribution in [0.4, 0.5) is 0 Å². The Hall–Kier alpha value is -3.85. The summed E-state index contributed by atoms with van der Waals surface area (Å²) in [5, 5.41) is 12.1. The molecule has 6 heteroatoms. The summed E-state index contributed by atoms with van der Waals surface area (Å²) in [5.74, 6) is 0.651. The van der Waals surface area contributed by atoms with Crippen LogP contribution in [0.1, 0.15) is 39.9 Å². The van der Waals surface area contributed by atoms with Crippen LogP contribution in [0.15, 0.2) is 59.4 Å². The third-order valence-electron chi connectivity index (χ3n) is 5.16. The van der Waals surface area contributed by atoms with Gasteiger partial charge in [-0.1, -0.05) is 42.5 Å². The third-order valence-corrected chi connectivity index (χ3v) is 5.16. The van der Waals surface area contributed by atoms with Crippen LogP contribution >= 0.6 is 0 Å². The van der Waals surface area contributed by atoms with Crippen molar-refractivity contribution in [3.8, 4) is 11.8 Å². The second-order valence-electron chi connectivity index (χ2n) is 7.37. The Labute approximate surface area is 181 Å². The second kappa shape index (κ2) is 10.3. The quantitative estimate of drug-likeness (QED) is 0.587. The summed E-state index contributed by atoms with van der Waals surface area (Å²) < 4.78 is 5.83. The standard InChI is InChI=1S/C25H25N3O3/c1-17-22(18(2)28-25(30)23(17)14-26)11-12-24(29)27-15-20-9-6-10-21(13-20)31-16-19-7-4-3-5-8-19/h3-10,13H,11-12,15-16H2,1-2H3,(H,27,29)(H,28,30). The SMILES string of the molecule is Cc1[nH]c(=O)c(C#N)c(C)c1CCC(=O)NCc1cccc(OCc2ccccc2)c1. The molecule has 158 valence electrons. The molecule has 0 aliphatic heterocycles. The van der Waals surface area contributed by atoms with E-state index in [0.717, 1.165) is 22.4 Å². The number of nitrogens with zero attached hydrogens (tertiary/aromatic N) is 1. The zero-order valence-corrected chi connectivity index (χ0v) is 17.7. The number of carbonyl (C=O) groups excluding carboxylic acids is 1. The van der Waals surface area contributed by atoms with E-state index in [1.807, 2.05) is 60.7 Å². The molecule has 0 atom stereocenters. The van der Waals surface area contributed by atoms with E-state index in [1.54, 1.807) is 13.8 Å². The Kier molecular flexibility index (Phi) is 7.23. The highest BCUT2D eigenvalue weighted by molar-refractivity contribution is 5.76. The summed E-state index contributed by atoms with van der Waals surface area (Å²) >= 11 is 0. The van der Waals surface area contributed by atoms with Crippen molar-refractivity contribution in [1.29, 1.82) is 5.26 Å². The molecule has 0 aliphatic rings. The first kappa shape index (κ1) is 21.8. The predicted molar refractivity (Wildman–Crippen MR) is 119 cm³/mol. The molecule has 3 aromatic rings. The predicted octanol–water partition coefficient (Wildman–Crippen LogP) is 3.69. The highest BCUT2D eigenvalue weighted by Crippen LogP contribution is 2.16. The Morgan fingerprint density at radius 2 is 1.84 bits per heavy atom. The molecule has 0 aliphatic carbocycles. The Morgan fingerprint density at radius 3 is 2.58 bits per heavy atom. The van der Waals surface area contributed by atoms with Gasteiger partial charge in [0, 0.05) is 18.7 Å². The lowest BCUT2D eigenvalue weighted by Gasteiger charge is -2.11. The van der Waals surface area contributed by atoms with E-state index >= 15 is 0 Å². The van der Waals surface area contributed by atoms with E-state index in [2.05, 4.69) is 10.3 Å². The summed E-state index contributed by atoms with van der Waals surface area (Å²) in [5.41, 5.74) is 3.92. The van der Waals surface area contributed by atoms with Crippen LogP contribution in [0, 0.1) is 25.2 Å². The van der Waals surface area contributed by atoms with Crippen molar-refractivity contribution in [2.75, 3.05) is 0 Å². The lowest BCUT2D eigenvalue weighted by atomic mass is 9.99. The van der Waals surface area contributed by atoms with Crippen molar-refractivity contribution in [2.45, 2.75) is 39.8 Å². The first-order valence-corrected chi connectivity index (χ1v) is 10.1. The van der Waals surface area contributed by atoms with E-state index in [-0.39, 0.29) is 23.5 Å². The first-order valence-electron chi connectivity index (χ1n) is 10.1. The molecule has 0 bridgehead atoms. The van der Waals surface area contributed by atoms with Crippen LogP contribution in [-0.2, 0) is 24.4 Å². The van der Waals surface area contributed by atoms with Gasteiger partial charge in [0.25, 0.3) is 5.56 Å². The largest absolute Gasteiger partial charge is 0.489 e. The molecule has 1 amide bonds. The molecule has 0 saturated carbocycles. The number of nitriles is 1. The van der Waals surface area contributed by atoms with Crippen LogP contribution in [0.25, 0.3) is 0 Å². The van der Waals surface area contributed by atoms with Crippen LogP contribution in [0.5, 0.6) is 5.75 Å². The van der Waals surface area contributed by atoms with E-state index < -0.39 is 0 Å². The molecule has 0 spiro atoms. The van der Waals surface area contributed by atoms with Gasteiger partial charge in [-0.25, -0.2) is 0 Å². The minimum atomic E-state index is -0.389. The Balaban J connectivity index is 1.53. The lowest BCUT2D eigenvalue weighted by Crippen LogP contribution is -2.24. The summed E-state index contributed by atoms with van der Waals surface area (Å²) in [6.45, 7) is 4.41. The Morgan fingerprint density at radius 1 is 1.10 bits per heavy atom. The third kappa shape index (κ3) is 5.83. The number of nitrogens with one attached hydrogen (secondary N) is 2. The van der Waals surface area contributed by atoms with Gasteiger partial charge in [-0.05, 0) is 54.7 Å². The van der Waals surface area contributed by atoms with Crippen molar-refractivity contribution in [3.05, 3.63) is 98.5 Å². The van der Waals surface area contributed by atoms with Crippen LogP contribution in [0.2, 0.25) is 0 Å². The van der Waals surface area contributed by atoms with Crippen molar-refractivity contribution in [1.82, 2.24) is 10.3 Å². The number of rotatable bonds is 8. The number of amides is 1. The van der Waals surface area contributed by atoms with E-state index in [9.17, 15) is 9.59 Å². The van der Waals surface area contributed by atoms with Gasteiger partial charge in [-0.3, -0.25) is 9.59 Å². The highest BCUT2D eigenvalue weighted by atomic mass is 16.5. The van der Waals surface area contributed by atoms with Gasteiger partial charge in [0.05, 0.1) is 0 Å². The van der Waals surface area contributed by atoms with Crippen LogP contribution < -0.4 is 15.6 Å². The van der Waals surface area contributed by atoms with Gasteiger partial charge >= 0.3 is 0 Å². The van der Waals surface area contributed by atoms with Gasteiger partial charge in [0.2, 0.25) is 5.91 Å². The second-order valence-corrected chi connectivity index (χ2v) is 7.37. The molecule has 31 heavy (non-hydrogen) atoms. The summed E-state index contributed by atoms with van der Waals surface area (Å²) in [7, 11) is 0. The molecule has 0 unspecified atom stereocenters. The summed E-state index contributed by atoms with van der Waals surface area (Å²) in [4.78, 5) is 26.9. The number of hydrogen-bond donors (Lipinski definition) is 2. The fraction of sp³-hybridized carbons (Fsp3) is 0.240. The number of pyridine rings is 1. The van der Waals surface area contributed by atoms with Crippen LogP contribution in [-0.4, -0.2) is 10.9 Å². The minimum absolute atomic E-state index is 0.0980. The minimum Gasteiger partial charge on any atom is -0.489 e. The fourth-order valence-electron chi connectivity index (χ4n) is 3.43. The van der Waals surface area contributed by atoms with Crippen LogP contribution in [0.3, 0.4) is 0 Å². The zero-order valence-electron chi connectivity index (χ0n) is 17.7. The zero-order chi connectivity index (χ0) is 22.2. The summed E-state index contributed by atoms with van der Waals surface area (Å²) in [6.07, 6.45) is 0.720. The van der Waals surface area contributed by atoms with Crippen molar-refractivity contribution >= 4 is 5.91 Å². The maximum absolute atomic E-state index is 12.4. The maximum atomic E-state index is 12.4. The lowest BCUT2D eigenvalue weighted by molar-refractivity contribution is -0.121. The smallest absolute Gasteiger partial charge is 0.266 e. The average molecular weight is 415 g/mol. The van der Waals surface area contributed by atoms with Crippen molar-refractivity contribution < 1.29 is 9.53 Å². The molecular formula is C25H25N3O3. The molecule has 0 radical (unpaired) electrons. The monoisotopic (exact) mass is 415 g/mol. The molecule has 2 aromatic carbocycles. The summed E-state index contributed by atoms with van der Waals surface area (Å²) in [6, 6.07) is 19.5. The molecule has 1 heterocycles. The van der Waals surface area contributed by atoms with Crippen molar-refractivity contribution in [3.63, 3.8) is 0 Å². The number of hydrogen-bond acceptors (Lipinski definition) is 4. The number of aromatic nitrogens is 1. The molecule has 3 rings (SSSR count). The topological polar surface area (TPSA) is 95.0 Å². The number of ether oxygens (including phenoxy) is 1. The van der Waals surface area contributed by atoms with Gasteiger partial charge < -0.3 is 15.0 Å².